The number of rotatable bonds is 6. The van der Waals surface area contributed by atoms with Crippen molar-refractivity contribution < 1.29 is 4.43 Å². The lowest BCUT2D eigenvalue weighted by Crippen LogP contribution is -2.30. The van der Waals surface area contributed by atoms with Crippen LogP contribution in [0, 0.1) is 0 Å². The summed E-state index contributed by atoms with van der Waals surface area (Å²) < 4.78 is 5.67. The molecule has 1 rings (SSSR count). The molecule has 0 amide bonds. The first kappa shape index (κ1) is 15.5. The van der Waals surface area contributed by atoms with Crippen molar-refractivity contribution >= 4 is 8.32 Å². The molecule has 0 saturated carbocycles. The predicted octanol–water partition coefficient (Wildman–Crippen LogP) is 5.16. The summed E-state index contributed by atoms with van der Waals surface area (Å²) in [6.07, 6.45) is 1.20. The average molecular weight is 264 g/mol. The van der Waals surface area contributed by atoms with Gasteiger partial charge in [0.2, 0.25) is 0 Å². The van der Waals surface area contributed by atoms with Gasteiger partial charge in [0.05, 0.1) is 0 Å². The summed E-state index contributed by atoms with van der Waals surface area (Å²) in [5.74, 6) is 1.25. The smallest absolute Gasteiger partial charge is 0.00863 e. The fourth-order valence-corrected chi connectivity index (χ4v) is 4.22. The summed E-state index contributed by atoms with van der Waals surface area (Å²) in [7, 11) is 0.380. The molecule has 103 valence electrons. The van der Waals surface area contributed by atoms with E-state index >= 15 is 0 Å². The summed E-state index contributed by atoms with van der Waals surface area (Å²) in [6, 6.07) is 10.3. The zero-order valence-corrected chi connectivity index (χ0v) is 13.8. The van der Waals surface area contributed by atoms with Crippen LogP contribution >= 0.6 is 0 Å². The largest absolute Gasteiger partial charge is 0.567 e. The highest BCUT2D eigenvalue weighted by Gasteiger charge is 2.14. The van der Waals surface area contributed by atoms with Crippen LogP contribution in [0.25, 0.3) is 0 Å². The molecule has 0 spiro atoms. The lowest BCUT2D eigenvalue weighted by Gasteiger charge is -2.36. The van der Waals surface area contributed by atoms with Crippen LogP contribution in [0.4, 0.5) is 0 Å². The SMILES string of the molecule is CCC(C)c1cccc(C(C)C[Si-](C)(C)OC)c1. The van der Waals surface area contributed by atoms with Crippen molar-refractivity contribution in [1.29, 1.82) is 0 Å². The maximum absolute atomic E-state index is 5.67. The normalized spacial score (nSPS) is 15.4. The van der Waals surface area contributed by atoms with E-state index in [9.17, 15) is 0 Å². The van der Waals surface area contributed by atoms with Gasteiger partial charge in [0.1, 0.15) is 0 Å². The van der Waals surface area contributed by atoms with Gasteiger partial charge in [0.25, 0.3) is 0 Å². The van der Waals surface area contributed by atoms with Crippen LogP contribution in [0.2, 0.25) is 19.1 Å². The van der Waals surface area contributed by atoms with E-state index in [4.69, 9.17) is 4.43 Å². The third kappa shape index (κ3) is 4.25. The zero-order chi connectivity index (χ0) is 13.8. The molecule has 0 aromatic heterocycles. The number of hydrogen-bond donors (Lipinski definition) is 0. The van der Waals surface area contributed by atoms with Gasteiger partial charge in [-0.15, -0.1) is 19.1 Å². The molecule has 0 fully saturated rings. The van der Waals surface area contributed by atoms with E-state index in [0.717, 1.165) is 0 Å². The first-order valence-electron chi connectivity index (χ1n) is 7.04. The van der Waals surface area contributed by atoms with Crippen molar-refractivity contribution in [3.63, 3.8) is 0 Å². The van der Waals surface area contributed by atoms with Gasteiger partial charge in [0.15, 0.2) is 0 Å². The second-order valence-corrected chi connectivity index (χ2v) is 10.4. The van der Waals surface area contributed by atoms with Crippen LogP contribution in [0.15, 0.2) is 24.3 Å². The Hall–Kier alpha value is -0.603. The highest BCUT2D eigenvalue weighted by atomic mass is 28.4. The number of benzene rings is 1. The van der Waals surface area contributed by atoms with Gasteiger partial charge in [-0.1, -0.05) is 45.0 Å². The van der Waals surface area contributed by atoms with Gasteiger partial charge >= 0.3 is 0 Å². The first-order chi connectivity index (χ1) is 8.39. The molecule has 1 nitrogen and oxygen atoms in total. The van der Waals surface area contributed by atoms with Crippen molar-refractivity contribution in [1.82, 2.24) is 0 Å². The Kier molecular flexibility index (Phi) is 5.61. The van der Waals surface area contributed by atoms with Crippen LogP contribution in [0.5, 0.6) is 0 Å². The summed E-state index contributed by atoms with van der Waals surface area (Å²) in [5, 5.41) is 0. The molecule has 1 aromatic carbocycles. The fraction of sp³-hybridized carbons (Fsp3) is 0.625. The molecule has 18 heavy (non-hydrogen) atoms. The molecular weight excluding hydrogens is 236 g/mol. The molecule has 2 atom stereocenters. The van der Waals surface area contributed by atoms with Crippen molar-refractivity contribution in [2.24, 2.45) is 0 Å². The van der Waals surface area contributed by atoms with Gasteiger partial charge in [0, 0.05) is 0 Å². The van der Waals surface area contributed by atoms with E-state index in [2.05, 4.69) is 58.1 Å². The molecule has 2 heteroatoms. The summed E-state index contributed by atoms with van der Waals surface area (Å²) >= 11 is 0. The summed E-state index contributed by atoms with van der Waals surface area (Å²) in [4.78, 5) is 0. The average Bonchev–Trinajstić information content (AvgIpc) is 2.37. The van der Waals surface area contributed by atoms with Crippen molar-refractivity contribution in [2.45, 2.75) is 58.2 Å². The van der Waals surface area contributed by atoms with E-state index in [-0.39, 0.29) is 0 Å². The van der Waals surface area contributed by atoms with E-state index in [0.29, 0.717) is 11.8 Å². The van der Waals surface area contributed by atoms with Crippen molar-refractivity contribution in [3.8, 4) is 0 Å². The highest BCUT2D eigenvalue weighted by Crippen LogP contribution is 2.29. The molecule has 0 saturated heterocycles. The van der Waals surface area contributed by atoms with E-state index in [1.807, 2.05) is 7.11 Å². The summed E-state index contributed by atoms with van der Waals surface area (Å²) in [5.41, 5.74) is 2.93. The van der Waals surface area contributed by atoms with Gasteiger partial charge in [-0.2, -0.15) is 0 Å². The lowest BCUT2D eigenvalue weighted by molar-refractivity contribution is 0.400. The number of hydrogen-bond acceptors (Lipinski definition) is 1. The Labute approximate surface area is 114 Å². The van der Waals surface area contributed by atoms with Gasteiger partial charge in [-0.05, 0) is 44.8 Å². The van der Waals surface area contributed by atoms with E-state index in [1.165, 1.54) is 23.6 Å². The van der Waals surface area contributed by atoms with Crippen LogP contribution in [-0.2, 0) is 4.43 Å². The Bertz CT molecular complexity index is 373. The van der Waals surface area contributed by atoms with Crippen molar-refractivity contribution in [3.05, 3.63) is 35.4 Å². The molecular formula is C16H28OSi-. The zero-order valence-electron chi connectivity index (χ0n) is 12.8. The fourth-order valence-electron chi connectivity index (χ4n) is 2.35. The molecule has 0 aliphatic rings. The third-order valence-electron chi connectivity index (χ3n) is 4.01. The van der Waals surface area contributed by atoms with E-state index < -0.39 is 8.32 Å². The molecule has 0 aliphatic heterocycles. The molecule has 0 heterocycles. The Morgan fingerprint density at radius 2 is 1.67 bits per heavy atom. The van der Waals surface area contributed by atoms with Crippen LogP contribution in [0.3, 0.4) is 0 Å². The minimum atomic E-state index is -1.48. The van der Waals surface area contributed by atoms with Gasteiger partial charge in [-0.3, -0.25) is 0 Å². The van der Waals surface area contributed by atoms with Gasteiger partial charge in [-0.25, -0.2) is 0 Å². The molecule has 0 N–H and O–H groups in total. The maximum Gasteiger partial charge on any atom is -0.00863 e. The lowest BCUT2D eigenvalue weighted by atomic mass is 9.93. The molecule has 0 radical (unpaired) electrons. The maximum atomic E-state index is 5.67. The molecule has 2 unspecified atom stereocenters. The standard InChI is InChI=1S/C16H28OSi/c1-7-13(2)15-9-8-10-16(11-15)14(3)12-18(5,6)17-4/h8-11,13-14H,7,12H2,1-6H3/q-1. The topological polar surface area (TPSA) is 9.23 Å². The van der Waals surface area contributed by atoms with Gasteiger partial charge < -0.3 is 4.43 Å². The molecule has 1 aromatic rings. The highest BCUT2D eigenvalue weighted by molar-refractivity contribution is 6.71. The quantitative estimate of drug-likeness (QED) is 0.645. The monoisotopic (exact) mass is 264 g/mol. The Morgan fingerprint density at radius 1 is 1.11 bits per heavy atom. The third-order valence-corrected chi connectivity index (χ3v) is 6.71. The summed E-state index contributed by atoms with van der Waals surface area (Å²) in [6.45, 7) is 11.5. The van der Waals surface area contributed by atoms with Crippen LogP contribution in [-0.4, -0.2) is 15.4 Å². The first-order valence-corrected chi connectivity index (χ1v) is 10.2. The second kappa shape index (κ2) is 6.53. The van der Waals surface area contributed by atoms with Crippen LogP contribution in [0.1, 0.15) is 50.2 Å². The minimum Gasteiger partial charge on any atom is -0.567 e. The van der Waals surface area contributed by atoms with Crippen molar-refractivity contribution in [2.75, 3.05) is 7.11 Å². The van der Waals surface area contributed by atoms with E-state index in [1.54, 1.807) is 0 Å². The predicted molar refractivity (Wildman–Crippen MR) is 82.9 cm³/mol. The molecule has 0 bridgehead atoms. The van der Waals surface area contributed by atoms with Crippen LogP contribution < -0.4 is 0 Å². The Balaban J connectivity index is 2.83. The minimum absolute atomic E-state index is 0.593. The molecule has 0 aliphatic carbocycles. The second-order valence-electron chi connectivity index (χ2n) is 6.05. The Morgan fingerprint density at radius 3 is 2.17 bits per heavy atom.